The third-order valence-corrected chi connectivity index (χ3v) is 7.10. The first-order valence-electron chi connectivity index (χ1n) is 10.4. The van der Waals surface area contributed by atoms with Crippen molar-refractivity contribution in [2.75, 3.05) is 13.1 Å². The van der Waals surface area contributed by atoms with E-state index < -0.39 is 0 Å². The van der Waals surface area contributed by atoms with Crippen LogP contribution in [0.4, 0.5) is 0 Å². The zero-order valence-corrected chi connectivity index (χ0v) is 19.5. The molecule has 0 aromatic heterocycles. The van der Waals surface area contributed by atoms with Gasteiger partial charge in [-0.3, -0.25) is 4.90 Å². The first-order chi connectivity index (χ1) is 14.0. The van der Waals surface area contributed by atoms with Gasteiger partial charge in [0.25, 0.3) is 0 Å². The number of hydrogen-bond acceptors (Lipinski definition) is 2. The molecule has 1 aliphatic carbocycles. The van der Waals surface area contributed by atoms with E-state index in [0.29, 0.717) is 6.04 Å². The zero-order chi connectivity index (χ0) is 20.4. The van der Waals surface area contributed by atoms with Gasteiger partial charge in [0, 0.05) is 45.6 Å². The Balaban J connectivity index is 1.49. The summed E-state index contributed by atoms with van der Waals surface area (Å²) >= 11 is 10.1. The molecule has 2 aromatic rings. The fraction of sp³-hybridized carbons (Fsp3) is 0.360. The maximum Gasteiger partial charge on any atom is 0.0499 e. The molecule has 29 heavy (non-hydrogen) atoms. The van der Waals surface area contributed by atoms with Gasteiger partial charge in [-0.1, -0.05) is 63.4 Å². The molecule has 4 rings (SSSR count). The number of rotatable bonds is 4. The minimum Gasteiger partial charge on any atom is -0.358 e. The number of benzene rings is 2. The Morgan fingerprint density at radius 1 is 1.17 bits per heavy atom. The molecule has 0 saturated carbocycles. The van der Waals surface area contributed by atoms with Gasteiger partial charge in [-0.15, -0.1) is 0 Å². The second-order valence-corrected chi connectivity index (χ2v) is 9.42. The molecular formula is C25H28BrClN2. The van der Waals surface area contributed by atoms with E-state index in [-0.39, 0.29) is 0 Å². The number of allylic oxidation sites excluding steroid dienone is 1. The summed E-state index contributed by atoms with van der Waals surface area (Å²) in [7, 11) is 0. The van der Waals surface area contributed by atoms with Crippen LogP contribution in [-0.2, 0) is 12.8 Å². The lowest BCUT2D eigenvalue weighted by molar-refractivity contribution is 0.185. The van der Waals surface area contributed by atoms with Crippen molar-refractivity contribution in [3.63, 3.8) is 0 Å². The largest absolute Gasteiger partial charge is 0.358 e. The number of fused-ring (bicyclic) bond motifs is 1. The highest BCUT2D eigenvalue weighted by molar-refractivity contribution is 9.10. The average Bonchev–Trinajstić information content (AvgIpc) is 2.73. The van der Waals surface area contributed by atoms with Gasteiger partial charge in [-0.05, 0) is 68.9 Å². The summed E-state index contributed by atoms with van der Waals surface area (Å²) < 4.78 is 1.19. The predicted octanol–water partition coefficient (Wildman–Crippen LogP) is 6.59. The number of aryl methyl sites for hydroxylation is 1. The fourth-order valence-electron chi connectivity index (χ4n) is 4.49. The molecular weight excluding hydrogens is 444 g/mol. The molecule has 2 nitrogen and oxygen atoms in total. The predicted molar refractivity (Wildman–Crippen MR) is 127 cm³/mol. The lowest BCUT2D eigenvalue weighted by Crippen LogP contribution is -2.45. The first-order valence-corrected chi connectivity index (χ1v) is 11.6. The van der Waals surface area contributed by atoms with Crippen LogP contribution >= 0.6 is 27.5 Å². The van der Waals surface area contributed by atoms with Gasteiger partial charge in [-0.2, -0.15) is 0 Å². The quantitative estimate of drug-likeness (QED) is 0.541. The highest BCUT2D eigenvalue weighted by atomic mass is 79.9. The van der Waals surface area contributed by atoms with E-state index in [1.165, 1.54) is 39.7 Å². The Kier molecular flexibility index (Phi) is 6.48. The molecule has 1 aliphatic heterocycles. The third-order valence-electron chi connectivity index (χ3n) is 6.28. The van der Waals surface area contributed by atoms with Crippen LogP contribution in [0.3, 0.4) is 0 Å². The number of nitrogens with zero attached hydrogens (tertiary/aromatic N) is 1. The van der Waals surface area contributed by atoms with Crippen LogP contribution < -0.4 is 5.32 Å². The molecule has 4 heteroatoms. The van der Waals surface area contributed by atoms with Crippen molar-refractivity contribution in [2.24, 2.45) is 0 Å². The van der Waals surface area contributed by atoms with Crippen LogP contribution in [0, 0.1) is 0 Å². The minimum absolute atomic E-state index is 0.614. The summed E-state index contributed by atoms with van der Waals surface area (Å²) in [5.74, 6) is 0. The van der Waals surface area contributed by atoms with Crippen molar-refractivity contribution in [3.8, 4) is 0 Å². The molecule has 1 heterocycles. The van der Waals surface area contributed by atoms with Gasteiger partial charge in [0.15, 0.2) is 0 Å². The van der Waals surface area contributed by atoms with Crippen molar-refractivity contribution < 1.29 is 0 Å². The Morgan fingerprint density at radius 2 is 2.00 bits per heavy atom. The van der Waals surface area contributed by atoms with Crippen LogP contribution in [0.1, 0.15) is 43.4 Å². The lowest BCUT2D eigenvalue weighted by atomic mass is 9.86. The van der Waals surface area contributed by atoms with E-state index in [4.69, 9.17) is 11.6 Å². The Hall–Kier alpha value is -1.55. The topological polar surface area (TPSA) is 15.3 Å². The van der Waals surface area contributed by atoms with E-state index in [9.17, 15) is 0 Å². The highest BCUT2D eigenvalue weighted by Gasteiger charge is 2.28. The van der Waals surface area contributed by atoms with Gasteiger partial charge in [0.05, 0.1) is 0 Å². The smallest absolute Gasteiger partial charge is 0.0499 e. The standard InChI is InChI=1S/C25H28BrClN2/c1-3-24(22-6-4-5-7-23(22)27)28-25-16-29(13-12-17(25)2)21-11-9-18-14-20(26)10-8-19(18)15-21/h3-8,10,14,21,28H,9,11-13,15-16H2,1-2H3/b24-3-. The molecule has 0 amide bonds. The molecule has 1 atom stereocenters. The molecule has 1 unspecified atom stereocenters. The summed E-state index contributed by atoms with van der Waals surface area (Å²) in [6, 6.07) is 15.4. The molecule has 2 aromatic carbocycles. The Bertz CT molecular complexity index is 963. The van der Waals surface area contributed by atoms with E-state index in [1.807, 2.05) is 18.2 Å². The molecule has 0 fully saturated rings. The maximum atomic E-state index is 6.45. The van der Waals surface area contributed by atoms with Crippen LogP contribution in [0.2, 0.25) is 5.02 Å². The van der Waals surface area contributed by atoms with Crippen LogP contribution in [0.25, 0.3) is 5.70 Å². The molecule has 1 N–H and O–H groups in total. The Morgan fingerprint density at radius 3 is 2.79 bits per heavy atom. The third kappa shape index (κ3) is 4.63. The normalized spacial score (nSPS) is 20.6. The van der Waals surface area contributed by atoms with Gasteiger partial charge in [-0.25, -0.2) is 0 Å². The summed E-state index contributed by atoms with van der Waals surface area (Å²) in [5.41, 5.74) is 7.94. The second kappa shape index (κ2) is 9.07. The zero-order valence-electron chi connectivity index (χ0n) is 17.1. The van der Waals surface area contributed by atoms with Crippen LogP contribution in [0.5, 0.6) is 0 Å². The van der Waals surface area contributed by atoms with Crippen LogP contribution in [0.15, 0.2) is 64.3 Å². The first kappa shape index (κ1) is 20.7. The van der Waals surface area contributed by atoms with E-state index in [0.717, 1.165) is 42.2 Å². The van der Waals surface area contributed by atoms with Gasteiger partial charge >= 0.3 is 0 Å². The molecule has 0 saturated heterocycles. The number of halogens is 2. The number of hydrogen-bond donors (Lipinski definition) is 1. The van der Waals surface area contributed by atoms with Crippen molar-refractivity contribution in [3.05, 3.63) is 86.0 Å². The van der Waals surface area contributed by atoms with Crippen LogP contribution in [-0.4, -0.2) is 24.0 Å². The van der Waals surface area contributed by atoms with Crippen molar-refractivity contribution in [1.29, 1.82) is 0 Å². The molecule has 0 spiro atoms. The van der Waals surface area contributed by atoms with Crippen molar-refractivity contribution in [1.82, 2.24) is 10.2 Å². The van der Waals surface area contributed by atoms with Gasteiger partial charge in [0.1, 0.15) is 0 Å². The summed E-state index contributed by atoms with van der Waals surface area (Å²) in [5, 5.41) is 4.50. The molecule has 2 aliphatic rings. The summed E-state index contributed by atoms with van der Waals surface area (Å²) in [6.45, 7) is 6.45. The second-order valence-electron chi connectivity index (χ2n) is 8.10. The average molecular weight is 472 g/mol. The Labute approximate surface area is 187 Å². The minimum atomic E-state index is 0.614. The monoisotopic (exact) mass is 470 g/mol. The fourth-order valence-corrected chi connectivity index (χ4v) is 5.14. The molecule has 0 bridgehead atoms. The highest BCUT2D eigenvalue weighted by Crippen LogP contribution is 2.30. The van der Waals surface area contributed by atoms with E-state index in [2.05, 4.69) is 70.3 Å². The molecule has 0 radical (unpaired) electrons. The summed E-state index contributed by atoms with van der Waals surface area (Å²) in [4.78, 5) is 2.67. The van der Waals surface area contributed by atoms with Crippen molar-refractivity contribution >= 4 is 33.2 Å². The van der Waals surface area contributed by atoms with Gasteiger partial charge in [0.2, 0.25) is 0 Å². The summed E-state index contributed by atoms with van der Waals surface area (Å²) in [6.07, 6.45) is 6.79. The van der Waals surface area contributed by atoms with E-state index in [1.54, 1.807) is 0 Å². The lowest BCUT2D eigenvalue weighted by Gasteiger charge is -2.39. The number of nitrogens with one attached hydrogen (secondary N) is 1. The maximum absolute atomic E-state index is 6.45. The van der Waals surface area contributed by atoms with Crippen molar-refractivity contribution in [2.45, 2.75) is 45.6 Å². The molecule has 152 valence electrons. The van der Waals surface area contributed by atoms with Gasteiger partial charge < -0.3 is 5.32 Å². The SMILES string of the molecule is C/C=C(\NC1=C(C)CCN(C2CCc3cc(Br)ccc3C2)C1)c1ccccc1Cl. The van der Waals surface area contributed by atoms with E-state index >= 15 is 0 Å².